The van der Waals surface area contributed by atoms with Crippen molar-refractivity contribution >= 4 is 39.6 Å². The fourth-order valence-corrected chi connectivity index (χ4v) is 2.19. The first-order chi connectivity index (χ1) is 11.4. The lowest BCUT2D eigenvalue weighted by molar-refractivity contribution is -0.142. The minimum atomic E-state index is -0.558. The molecule has 0 saturated carbocycles. The van der Waals surface area contributed by atoms with E-state index in [9.17, 15) is 9.59 Å². The molecule has 0 aliphatic carbocycles. The predicted molar refractivity (Wildman–Crippen MR) is 98.7 cm³/mol. The normalized spacial score (nSPS) is 10.6. The Labute approximate surface area is 149 Å². The fraction of sp³-hybridized carbons (Fsp3) is 0.158. The van der Waals surface area contributed by atoms with Crippen molar-refractivity contribution in [2.75, 3.05) is 11.9 Å². The highest BCUT2D eigenvalue weighted by Gasteiger charge is 2.06. The van der Waals surface area contributed by atoms with Gasteiger partial charge in [0.1, 0.15) is 0 Å². The maximum absolute atomic E-state index is 11.8. The molecule has 0 spiro atoms. The Morgan fingerprint density at radius 3 is 2.50 bits per heavy atom. The van der Waals surface area contributed by atoms with E-state index in [-0.39, 0.29) is 12.5 Å². The number of ether oxygens (including phenoxy) is 1. The second kappa shape index (κ2) is 8.45. The number of esters is 1. The number of carbonyl (C=O) groups is 2. The Morgan fingerprint density at radius 1 is 1.12 bits per heavy atom. The van der Waals surface area contributed by atoms with Crippen LogP contribution in [0.5, 0.6) is 0 Å². The summed E-state index contributed by atoms with van der Waals surface area (Å²) in [4.78, 5) is 23.4. The summed E-state index contributed by atoms with van der Waals surface area (Å²) in [5, 5.41) is 2.68. The van der Waals surface area contributed by atoms with Gasteiger partial charge in [-0.15, -0.1) is 0 Å². The highest BCUT2D eigenvalue weighted by Crippen LogP contribution is 2.19. The van der Waals surface area contributed by atoms with Gasteiger partial charge in [-0.2, -0.15) is 0 Å². The van der Waals surface area contributed by atoms with E-state index in [1.54, 1.807) is 12.1 Å². The van der Waals surface area contributed by atoms with E-state index in [1.807, 2.05) is 50.2 Å². The molecule has 1 N–H and O–H groups in total. The van der Waals surface area contributed by atoms with Crippen LogP contribution in [0.4, 0.5) is 5.69 Å². The lowest BCUT2D eigenvalue weighted by Gasteiger charge is -2.07. The van der Waals surface area contributed by atoms with E-state index in [2.05, 4.69) is 21.2 Å². The van der Waals surface area contributed by atoms with Crippen molar-refractivity contribution in [2.45, 2.75) is 13.8 Å². The highest BCUT2D eigenvalue weighted by molar-refractivity contribution is 9.10. The molecule has 5 heteroatoms. The fourth-order valence-electron chi connectivity index (χ4n) is 1.95. The first-order valence-corrected chi connectivity index (χ1v) is 8.21. The van der Waals surface area contributed by atoms with Crippen LogP contribution in [0.1, 0.15) is 16.7 Å². The first-order valence-electron chi connectivity index (χ1n) is 7.41. The van der Waals surface area contributed by atoms with Crippen LogP contribution in [0.25, 0.3) is 6.08 Å². The third-order valence-corrected chi connectivity index (χ3v) is 4.17. The Morgan fingerprint density at radius 2 is 1.83 bits per heavy atom. The minimum absolute atomic E-state index is 0.327. The first kappa shape index (κ1) is 17.9. The molecule has 124 valence electrons. The molecule has 0 atom stereocenters. The van der Waals surface area contributed by atoms with E-state index in [0.29, 0.717) is 5.69 Å². The third-order valence-electron chi connectivity index (χ3n) is 3.28. The molecule has 0 unspecified atom stereocenters. The summed E-state index contributed by atoms with van der Waals surface area (Å²) in [5.41, 5.74) is 3.71. The van der Waals surface area contributed by atoms with E-state index in [0.717, 1.165) is 21.2 Å². The smallest absolute Gasteiger partial charge is 0.331 e. The van der Waals surface area contributed by atoms with Crippen LogP contribution in [0.3, 0.4) is 0 Å². The summed E-state index contributed by atoms with van der Waals surface area (Å²) < 4.78 is 5.89. The van der Waals surface area contributed by atoms with Crippen molar-refractivity contribution in [1.82, 2.24) is 0 Å². The molecule has 0 radical (unpaired) electrons. The van der Waals surface area contributed by atoms with Crippen LogP contribution in [0.2, 0.25) is 0 Å². The topological polar surface area (TPSA) is 55.4 Å². The molecule has 1 amide bonds. The average molecular weight is 388 g/mol. The van der Waals surface area contributed by atoms with Gasteiger partial charge in [0, 0.05) is 16.2 Å². The molecule has 24 heavy (non-hydrogen) atoms. The maximum Gasteiger partial charge on any atom is 0.331 e. The molecule has 0 heterocycles. The van der Waals surface area contributed by atoms with Crippen LogP contribution in [0, 0.1) is 13.8 Å². The summed E-state index contributed by atoms with van der Waals surface area (Å²) in [6.45, 7) is 3.59. The van der Waals surface area contributed by atoms with Gasteiger partial charge in [0.2, 0.25) is 0 Å². The molecule has 0 fully saturated rings. The van der Waals surface area contributed by atoms with Crippen LogP contribution in [-0.4, -0.2) is 18.5 Å². The SMILES string of the molecule is Cc1ccc(/C=C/C(=O)OCC(=O)Nc2ccc(Br)c(C)c2)cc1. The number of halogens is 1. The molecular formula is C19H18BrNO3. The second-order valence-corrected chi connectivity index (χ2v) is 6.22. The van der Waals surface area contributed by atoms with Gasteiger partial charge in [-0.25, -0.2) is 4.79 Å². The monoisotopic (exact) mass is 387 g/mol. The Hall–Kier alpha value is -2.40. The van der Waals surface area contributed by atoms with E-state index >= 15 is 0 Å². The Balaban J connectivity index is 1.81. The number of aryl methyl sites for hydroxylation is 2. The number of anilines is 1. The van der Waals surface area contributed by atoms with Crippen molar-refractivity contribution in [2.24, 2.45) is 0 Å². The highest BCUT2D eigenvalue weighted by atomic mass is 79.9. The largest absolute Gasteiger partial charge is 0.452 e. The predicted octanol–water partition coefficient (Wildman–Crippen LogP) is 4.26. The van der Waals surface area contributed by atoms with Gasteiger partial charge >= 0.3 is 5.97 Å². The van der Waals surface area contributed by atoms with Crippen LogP contribution in [-0.2, 0) is 14.3 Å². The number of hydrogen-bond donors (Lipinski definition) is 1. The quantitative estimate of drug-likeness (QED) is 0.615. The second-order valence-electron chi connectivity index (χ2n) is 5.36. The van der Waals surface area contributed by atoms with Crippen molar-refractivity contribution < 1.29 is 14.3 Å². The number of carbonyl (C=O) groups excluding carboxylic acids is 2. The average Bonchev–Trinajstić information content (AvgIpc) is 2.56. The zero-order chi connectivity index (χ0) is 17.5. The molecule has 0 aromatic heterocycles. The van der Waals surface area contributed by atoms with Crippen LogP contribution in [0.15, 0.2) is 53.0 Å². The summed E-state index contributed by atoms with van der Waals surface area (Å²) in [5.74, 6) is -0.938. The lowest BCUT2D eigenvalue weighted by Crippen LogP contribution is -2.20. The van der Waals surface area contributed by atoms with E-state index in [1.165, 1.54) is 6.08 Å². The van der Waals surface area contributed by atoms with Gasteiger partial charge in [-0.3, -0.25) is 4.79 Å². The number of rotatable bonds is 5. The van der Waals surface area contributed by atoms with Gasteiger partial charge in [0.15, 0.2) is 6.61 Å². The number of nitrogens with one attached hydrogen (secondary N) is 1. The summed E-state index contributed by atoms with van der Waals surface area (Å²) in [6.07, 6.45) is 2.96. The Kier molecular flexibility index (Phi) is 6.32. The van der Waals surface area contributed by atoms with Gasteiger partial charge in [0.25, 0.3) is 5.91 Å². The summed E-state index contributed by atoms with van der Waals surface area (Å²) >= 11 is 3.40. The summed E-state index contributed by atoms with van der Waals surface area (Å²) in [6, 6.07) is 13.2. The molecular weight excluding hydrogens is 370 g/mol. The van der Waals surface area contributed by atoms with Crippen molar-refractivity contribution in [1.29, 1.82) is 0 Å². The van der Waals surface area contributed by atoms with Gasteiger partial charge in [-0.05, 0) is 49.2 Å². The van der Waals surface area contributed by atoms with Crippen LogP contribution >= 0.6 is 15.9 Å². The number of hydrogen-bond acceptors (Lipinski definition) is 3. The standard InChI is InChI=1S/C19H18BrNO3/c1-13-3-5-15(6-4-13)7-10-19(23)24-12-18(22)21-16-8-9-17(20)14(2)11-16/h3-11H,12H2,1-2H3,(H,21,22)/b10-7+. The van der Waals surface area contributed by atoms with E-state index in [4.69, 9.17) is 4.74 Å². The molecule has 0 saturated heterocycles. The molecule has 2 rings (SSSR count). The molecule has 0 aliphatic heterocycles. The zero-order valence-electron chi connectivity index (χ0n) is 13.5. The minimum Gasteiger partial charge on any atom is -0.452 e. The molecule has 2 aromatic carbocycles. The summed E-state index contributed by atoms with van der Waals surface area (Å²) in [7, 11) is 0. The van der Waals surface area contributed by atoms with Crippen molar-refractivity contribution in [3.8, 4) is 0 Å². The molecule has 4 nitrogen and oxygen atoms in total. The molecule has 0 aliphatic rings. The van der Waals surface area contributed by atoms with Crippen molar-refractivity contribution in [3.05, 3.63) is 69.7 Å². The van der Waals surface area contributed by atoms with Crippen LogP contribution < -0.4 is 5.32 Å². The zero-order valence-corrected chi connectivity index (χ0v) is 15.1. The van der Waals surface area contributed by atoms with E-state index < -0.39 is 5.97 Å². The number of benzene rings is 2. The Bertz CT molecular complexity index is 767. The van der Waals surface area contributed by atoms with Crippen molar-refractivity contribution in [3.63, 3.8) is 0 Å². The van der Waals surface area contributed by atoms with Gasteiger partial charge < -0.3 is 10.1 Å². The number of amides is 1. The molecule has 0 bridgehead atoms. The third kappa shape index (κ3) is 5.66. The maximum atomic E-state index is 11.8. The molecule has 2 aromatic rings. The lowest BCUT2D eigenvalue weighted by atomic mass is 10.1. The van der Waals surface area contributed by atoms with Gasteiger partial charge in [0.05, 0.1) is 0 Å². The van der Waals surface area contributed by atoms with Gasteiger partial charge in [-0.1, -0.05) is 45.8 Å².